The van der Waals surface area contributed by atoms with Crippen LogP contribution in [0.1, 0.15) is 29.5 Å². The first kappa shape index (κ1) is 26.3. The monoisotopic (exact) mass is 494 g/mol. The number of likely N-dealkylation sites (N-methyl/N-ethyl adjacent to an activating group) is 1. The summed E-state index contributed by atoms with van der Waals surface area (Å²) in [5.74, 6) is 2.47. The molecule has 1 fully saturated rings. The van der Waals surface area contributed by atoms with Gasteiger partial charge in [0.1, 0.15) is 0 Å². The lowest BCUT2D eigenvalue weighted by molar-refractivity contribution is -0.129. The fourth-order valence-corrected chi connectivity index (χ4v) is 4.92. The molecule has 36 heavy (non-hydrogen) atoms. The Morgan fingerprint density at radius 3 is 2.58 bits per heavy atom. The second-order valence-corrected chi connectivity index (χ2v) is 10.3. The van der Waals surface area contributed by atoms with Gasteiger partial charge in [0, 0.05) is 45.0 Å². The van der Waals surface area contributed by atoms with Gasteiger partial charge in [-0.3, -0.25) is 9.69 Å². The molecule has 1 N–H and O–H groups in total. The van der Waals surface area contributed by atoms with Crippen molar-refractivity contribution in [3.05, 3.63) is 53.1 Å². The topological polar surface area (TPSA) is 57.3 Å². The Kier molecular flexibility index (Phi) is 9.10. The third-order valence-electron chi connectivity index (χ3n) is 7.28. The Balaban J connectivity index is 1.36. The van der Waals surface area contributed by atoms with Crippen LogP contribution < -0.4 is 14.8 Å². The van der Waals surface area contributed by atoms with Crippen LogP contribution in [-0.2, 0) is 24.2 Å². The summed E-state index contributed by atoms with van der Waals surface area (Å²) in [7, 11) is 7.36. The van der Waals surface area contributed by atoms with Gasteiger partial charge in [-0.2, -0.15) is 0 Å². The number of carbonyl (C=O) groups excluding carboxylic acids is 1. The summed E-state index contributed by atoms with van der Waals surface area (Å²) in [5, 5.41) is 3.48. The zero-order valence-electron chi connectivity index (χ0n) is 22.4. The molecule has 0 bridgehead atoms. The molecular formula is C29H42N4O3. The second-order valence-electron chi connectivity index (χ2n) is 10.3. The minimum atomic E-state index is 0.126. The highest BCUT2D eigenvalue weighted by Crippen LogP contribution is 2.33. The Labute approximate surface area is 216 Å². The Morgan fingerprint density at radius 1 is 1.06 bits per heavy atom. The normalized spacial score (nSPS) is 15.5. The number of hydrogen-bond acceptors (Lipinski definition) is 6. The van der Waals surface area contributed by atoms with Crippen molar-refractivity contribution in [2.24, 2.45) is 5.92 Å². The number of hydrogen-bond donors (Lipinski definition) is 1. The Morgan fingerprint density at radius 2 is 1.86 bits per heavy atom. The van der Waals surface area contributed by atoms with Gasteiger partial charge in [0.05, 0.1) is 20.8 Å². The van der Waals surface area contributed by atoms with E-state index >= 15 is 0 Å². The van der Waals surface area contributed by atoms with E-state index in [1.54, 1.807) is 14.2 Å². The molecule has 0 saturated heterocycles. The van der Waals surface area contributed by atoms with Crippen molar-refractivity contribution in [1.82, 2.24) is 14.7 Å². The van der Waals surface area contributed by atoms with Crippen LogP contribution in [-0.4, -0.2) is 88.2 Å². The van der Waals surface area contributed by atoms with Crippen molar-refractivity contribution in [1.29, 1.82) is 0 Å². The number of rotatable bonds is 13. The second kappa shape index (κ2) is 12.5. The summed E-state index contributed by atoms with van der Waals surface area (Å²) in [6.07, 6.45) is 4.59. The average molecular weight is 495 g/mol. The summed E-state index contributed by atoms with van der Waals surface area (Å²) < 4.78 is 10.8. The van der Waals surface area contributed by atoms with Crippen molar-refractivity contribution >= 4 is 11.6 Å². The van der Waals surface area contributed by atoms with E-state index in [1.165, 1.54) is 30.5 Å². The van der Waals surface area contributed by atoms with E-state index in [1.807, 2.05) is 37.2 Å². The van der Waals surface area contributed by atoms with Crippen LogP contribution in [0.3, 0.4) is 0 Å². The van der Waals surface area contributed by atoms with E-state index < -0.39 is 0 Å². The molecule has 7 nitrogen and oxygen atoms in total. The lowest BCUT2D eigenvalue weighted by atomic mass is 9.97. The SMILES string of the molecule is COc1ccc(CCN(CCN(C)C)C(=O)CNc2cccc3c2CCN(CC2CC2)C3)cc1OC. The van der Waals surface area contributed by atoms with Gasteiger partial charge in [0.25, 0.3) is 0 Å². The van der Waals surface area contributed by atoms with Gasteiger partial charge < -0.3 is 24.6 Å². The number of ether oxygens (including phenoxy) is 2. The predicted molar refractivity (Wildman–Crippen MR) is 145 cm³/mol. The van der Waals surface area contributed by atoms with Crippen molar-refractivity contribution < 1.29 is 14.3 Å². The van der Waals surface area contributed by atoms with E-state index in [2.05, 4.69) is 33.3 Å². The number of nitrogens with one attached hydrogen (secondary N) is 1. The third kappa shape index (κ3) is 7.14. The molecule has 1 heterocycles. The number of benzene rings is 2. The molecule has 1 amide bonds. The summed E-state index contributed by atoms with van der Waals surface area (Å²) in [4.78, 5) is 20.0. The Hall–Kier alpha value is -2.77. The molecule has 0 radical (unpaired) electrons. The summed E-state index contributed by atoms with van der Waals surface area (Å²) in [6.45, 7) is 5.86. The van der Waals surface area contributed by atoms with Crippen molar-refractivity contribution in [3.63, 3.8) is 0 Å². The maximum atomic E-state index is 13.3. The molecule has 7 heteroatoms. The highest BCUT2D eigenvalue weighted by molar-refractivity contribution is 5.81. The zero-order chi connectivity index (χ0) is 25.5. The first-order valence-corrected chi connectivity index (χ1v) is 13.2. The van der Waals surface area contributed by atoms with Gasteiger partial charge in [-0.15, -0.1) is 0 Å². The third-order valence-corrected chi connectivity index (χ3v) is 7.28. The largest absolute Gasteiger partial charge is 0.493 e. The standard InChI is InChI=1S/C29H42N4O3/c1-31(2)16-17-33(15-12-22-10-11-27(35-3)28(18-22)36-4)29(34)19-30-26-7-5-6-24-21-32(14-13-25(24)26)20-23-8-9-23/h5-7,10-11,18,23,30H,8-9,12-17,19-21H2,1-4H3. The smallest absolute Gasteiger partial charge is 0.241 e. The molecule has 0 atom stereocenters. The Bertz CT molecular complexity index is 1020. The fraction of sp³-hybridized carbons (Fsp3) is 0.552. The van der Waals surface area contributed by atoms with E-state index in [9.17, 15) is 4.79 Å². The molecule has 196 valence electrons. The molecule has 0 unspecified atom stereocenters. The molecule has 2 aliphatic rings. The quantitative estimate of drug-likeness (QED) is 0.460. The van der Waals surface area contributed by atoms with Crippen LogP contribution >= 0.6 is 0 Å². The van der Waals surface area contributed by atoms with E-state index in [0.717, 1.165) is 49.6 Å². The zero-order valence-corrected chi connectivity index (χ0v) is 22.4. The summed E-state index contributed by atoms with van der Waals surface area (Å²) >= 11 is 0. The molecule has 1 aliphatic carbocycles. The average Bonchev–Trinajstić information content (AvgIpc) is 3.70. The van der Waals surface area contributed by atoms with Crippen LogP contribution in [0.4, 0.5) is 5.69 Å². The molecule has 4 rings (SSSR count). The van der Waals surface area contributed by atoms with Crippen LogP contribution in [0.25, 0.3) is 0 Å². The predicted octanol–water partition coefficient (Wildman–Crippen LogP) is 3.52. The van der Waals surface area contributed by atoms with E-state index in [0.29, 0.717) is 31.1 Å². The number of carbonyl (C=O) groups is 1. The minimum Gasteiger partial charge on any atom is -0.493 e. The maximum absolute atomic E-state index is 13.3. The molecule has 1 saturated carbocycles. The fourth-order valence-electron chi connectivity index (χ4n) is 4.92. The van der Waals surface area contributed by atoms with Crippen LogP contribution in [0.2, 0.25) is 0 Å². The van der Waals surface area contributed by atoms with Crippen LogP contribution in [0, 0.1) is 5.92 Å². The molecular weight excluding hydrogens is 452 g/mol. The first-order valence-electron chi connectivity index (χ1n) is 13.2. The maximum Gasteiger partial charge on any atom is 0.241 e. The van der Waals surface area contributed by atoms with Gasteiger partial charge >= 0.3 is 0 Å². The van der Waals surface area contributed by atoms with Gasteiger partial charge in [-0.05, 0) is 80.6 Å². The number of anilines is 1. The van der Waals surface area contributed by atoms with Gasteiger partial charge in [-0.1, -0.05) is 18.2 Å². The highest BCUT2D eigenvalue weighted by Gasteiger charge is 2.27. The highest BCUT2D eigenvalue weighted by atomic mass is 16.5. The van der Waals surface area contributed by atoms with E-state index in [4.69, 9.17) is 9.47 Å². The molecule has 2 aromatic rings. The van der Waals surface area contributed by atoms with Gasteiger partial charge in [0.2, 0.25) is 5.91 Å². The molecule has 0 spiro atoms. The van der Waals surface area contributed by atoms with Crippen molar-refractivity contribution in [2.45, 2.75) is 32.2 Å². The number of nitrogens with zero attached hydrogens (tertiary/aromatic N) is 3. The number of fused-ring (bicyclic) bond motifs is 1. The van der Waals surface area contributed by atoms with Crippen molar-refractivity contribution in [3.8, 4) is 11.5 Å². The summed E-state index contributed by atoms with van der Waals surface area (Å²) in [5.41, 5.74) is 5.01. The number of amides is 1. The van der Waals surface area contributed by atoms with Crippen LogP contribution in [0.5, 0.6) is 11.5 Å². The first-order chi connectivity index (χ1) is 17.5. The van der Waals surface area contributed by atoms with Gasteiger partial charge in [-0.25, -0.2) is 0 Å². The lowest BCUT2D eigenvalue weighted by Crippen LogP contribution is -2.41. The lowest BCUT2D eigenvalue weighted by Gasteiger charge is -2.30. The van der Waals surface area contributed by atoms with Crippen LogP contribution in [0.15, 0.2) is 36.4 Å². The van der Waals surface area contributed by atoms with Gasteiger partial charge in [0.15, 0.2) is 11.5 Å². The minimum absolute atomic E-state index is 0.126. The molecule has 2 aromatic carbocycles. The molecule has 0 aromatic heterocycles. The summed E-state index contributed by atoms with van der Waals surface area (Å²) in [6, 6.07) is 12.4. The van der Waals surface area contributed by atoms with E-state index in [-0.39, 0.29) is 5.91 Å². The molecule has 1 aliphatic heterocycles. The van der Waals surface area contributed by atoms with Crippen molar-refractivity contribution in [2.75, 3.05) is 72.9 Å². The number of methoxy groups -OCH3 is 2.